The van der Waals surface area contributed by atoms with Crippen LogP contribution in [0.2, 0.25) is 0 Å². The van der Waals surface area contributed by atoms with Gasteiger partial charge in [0.05, 0.1) is 17.9 Å². The molecule has 11 heteroatoms. The summed E-state index contributed by atoms with van der Waals surface area (Å²) in [6.45, 7) is 1.80. The molecule has 0 fully saturated rings. The molecule has 4 rings (SSSR count). The number of amides is 2. The van der Waals surface area contributed by atoms with Gasteiger partial charge in [-0.05, 0) is 71.0 Å². The van der Waals surface area contributed by atoms with Gasteiger partial charge in [-0.15, -0.1) is 0 Å². The monoisotopic (exact) mass is 588 g/mol. The second-order valence-corrected chi connectivity index (χ2v) is 10.3. The predicted molar refractivity (Wildman–Crippen MR) is 143 cm³/mol. The van der Waals surface area contributed by atoms with E-state index in [0.717, 1.165) is 24.3 Å². The number of carboxylic acids is 1. The zero-order valence-corrected chi connectivity index (χ0v) is 22.7. The third kappa shape index (κ3) is 7.13. The number of nitrogens with one attached hydrogen (secondary N) is 1. The lowest BCUT2D eigenvalue weighted by atomic mass is 9.77. The van der Waals surface area contributed by atoms with E-state index >= 15 is 0 Å². The summed E-state index contributed by atoms with van der Waals surface area (Å²) >= 11 is 0. The lowest BCUT2D eigenvalue weighted by Crippen LogP contribution is -2.34. The second kappa shape index (κ2) is 12.7. The molecule has 1 heterocycles. The Balaban J connectivity index is 1.67. The molecule has 2 amide bonds. The number of carbonyl (C=O) groups excluding carboxylic acids is 2. The van der Waals surface area contributed by atoms with E-state index in [0.29, 0.717) is 35.6 Å². The van der Waals surface area contributed by atoms with E-state index in [1.807, 2.05) is 6.92 Å². The van der Waals surface area contributed by atoms with Crippen molar-refractivity contribution in [2.75, 3.05) is 6.54 Å². The number of nitrogens with zero attached hydrogens (tertiary/aromatic N) is 1. The molecule has 1 aliphatic heterocycles. The van der Waals surface area contributed by atoms with Crippen molar-refractivity contribution in [2.24, 2.45) is 0 Å². The summed E-state index contributed by atoms with van der Waals surface area (Å²) in [7, 11) is 0. The highest BCUT2D eigenvalue weighted by Gasteiger charge is 2.38. The Kier molecular flexibility index (Phi) is 9.28. The zero-order valence-electron chi connectivity index (χ0n) is 22.7. The van der Waals surface area contributed by atoms with Gasteiger partial charge in [0, 0.05) is 31.3 Å². The fraction of sp³-hybridized carbons (Fsp3) is 0.323. The van der Waals surface area contributed by atoms with Gasteiger partial charge in [0.15, 0.2) is 0 Å². The van der Waals surface area contributed by atoms with E-state index in [1.165, 1.54) is 23.1 Å². The number of hydrogen-bond donors (Lipinski definition) is 2. The number of carboxylic acid groups (broad SMARTS) is 1. The van der Waals surface area contributed by atoms with Crippen molar-refractivity contribution in [3.05, 3.63) is 106 Å². The van der Waals surface area contributed by atoms with Crippen LogP contribution in [-0.4, -0.2) is 34.3 Å². The minimum absolute atomic E-state index is 0.0505. The van der Waals surface area contributed by atoms with Crippen LogP contribution in [-0.2, 0) is 28.9 Å². The van der Waals surface area contributed by atoms with Crippen molar-refractivity contribution in [1.82, 2.24) is 10.2 Å². The van der Waals surface area contributed by atoms with Crippen molar-refractivity contribution in [3.8, 4) is 0 Å². The fourth-order valence-corrected chi connectivity index (χ4v) is 5.33. The summed E-state index contributed by atoms with van der Waals surface area (Å²) in [5.74, 6) is -5.41. The molecule has 2 atom stereocenters. The fourth-order valence-electron chi connectivity index (χ4n) is 5.33. The van der Waals surface area contributed by atoms with Gasteiger partial charge in [-0.2, -0.15) is 13.2 Å². The summed E-state index contributed by atoms with van der Waals surface area (Å²) in [5.41, 5.74) is 1.07. The molecule has 0 saturated heterocycles. The largest absolute Gasteiger partial charge is 0.481 e. The summed E-state index contributed by atoms with van der Waals surface area (Å²) in [6, 6.07) is 12.5. The Labute approximate surface area is 239 Å². The van der Waals surface area contributed by atoms with Gasteiger partial charge < -0.3 is 15.3 Å². The van der Waals surface area contributed by atoms with E-state index < -0.39 is 53.0 Å². The number of fused-ring (bicyclic) bond motifs is 1. The number of halogens is 5. The summed E-state index contributed by atoms with van der Waals surface area (Å²) < 4.78 is 68.6. The second-order valence-electron chi connectivity index (χ2n) is 10.3. The van der Waals surface area contributed by atoms with Gasteiger partial charge >= 0.3 is 12.1 Å². The van der Waals surface area contributed by atoms with Gasteiger partial charge in [0.1, 0.15) is 11.6 Å². The molecule has 2 unspecified atom stereocenters. The Morgan fingerprint density at radius 1 is 0.905 bits per heavy atom. The molecule has 0 aromatic heterocycles. The number of rotatable bonds is 10. The highest BCUT2D eigenvalue weighted by Crippen LogP contribution is 2.41. The Hall–Kier alpha value is -4.28. The standard InChI is InChI=1S/C31H29F5N2O4/c1-2-3-26(18-4-6-19(7-5-18)29(41)37-11-10-27(39)40)28(21-13-24(32)15-25(33)14-21)30(42)38-16-20-8-9-23(31(34,35)36)12-22(20)17-38/h4-9,12-15,26,28H,2-3,10-11,16-17H2,1H3,(H,37,41)(H,39,40). The van der Waals surface area contributed by atoms with Crippen LogP contribution in [0, 0.1) is 11.6 Å². The third-order valence-electron chi connectivity index (χ3n) is 7.31. The molecule has 0 bridgehead atoms. The maximum absolute atomic E-state index is 14.4. The molecular weight excluding hydrogens is 559 g/mol. The van der Waals surface area contributed by atoms with Crippen molar-refractivity contribution in [3.63, 3.8) is 0 Å². The van der Waals surface area contributed by atoms with E-state index in [-0.39, 0.29) is 37.2 Å². The molecule has 3 aromatic carbocycles. The number of benzene rings is 3. The maximum atomic E-state index is 14.4. The van der Waals surface area contributed by atoms with Gasteiger partial charge in [0.2, 0.25) is 5.91 Å². The van der Waals surface area contributed by atoms with Crippen LogP contribution in [0.25, 0.3) is 0 Å². The van der Waals surface area contributed by atoms with Crippen molar-refractivity contribution in [1.29, 1.82) is 0 Å². The molecular formula is C31H29F5N2O4. The number of alkyl halides is 3. The molecule has 0 aliphatic carbocycles. The average molecular weight is 589 g/mol. The molecule has 6 nitrogen and oxygen atoms in total. The highest BCUT2D eigenvalue weighted by atomic mass is 19.4. The summed E-state index contributed by atoms with van der Waals surface area (Å²) in [5, 5.41) is 11.3. The van der Waals surface area contributed by atoms with Crippen molar-refractivity contribution in [2.45, 2.75) is 57.3 Å². The lowest BCUT2D eigenvalue weighted by Gasteiger charge is -2.31. The van der Waals surface area contributed by atoms with Crippen LogP contribution in [0.15, 0.2) is 60.7 Å². The van der Waals surface area contributed by atoms with Crippen LogP contribution in [0.3, 0.4) is 0 Å². The van der Waals surface area contributed by atoms with E-state index in [2.05, 4.69) is 5.32 Å². The van der Waals surface area contributed by atoms with Crippen LogP contribution < -0.4 is 5.32 Å². The number of carbonyl (C=O) groups is 3. The summed E-state index contributed by atoms with van der Waals surface area (Å²) in [4.78, 5) is 38.6. The first kappa shape index (κ1) is 30.7. The van der Waals surface area contributed by atoms with Gasteiger partial charge in [-0.3, -0.25) is 14.4 Å². The third-order valence-corrected chi connectivity index (χ3v) is 7.31. The van der Waals surface area contributed by atoms with Crippen LogP contribution >= 0.6 is 0 Å². The summed E-state index contributed by atoms with van der Waals surface area (Å²) in [6.07, 6.45) is -3.76. The smallest absolute Gasteiger partial charge is 0.416 e. The average Bonchev–Trinajstić information content (AvgIpc) is 3.35. The first-order valence-electron chi connectivity index (χ1n) is 13.4. The molecule has 2 N–H and O–H groups in total. The normalized spacial score (nSPS) is 14.3. The molecule has 42 heavy (non-hydrogen) atoms. The van der Waals surface area contributed by atoms with Gasteiger partial charge in [0.25, 0.3) is 5.91 Å². The number of hydrogen-bond acceptors (Lipinski definition) is 3. The Morgan fingerprint density at radius 3 is 2.14 bits per heavy atom. The van der Waals surface area contributed by atoms with Crippen molar-refractivity contribution < 1.29 is 41.4 Å². The Morgan fingerprint density at radius 2 is 1.55 bits per heavy atom. The predicted octanol–water partition coefficient (Wildman–Crippen LogP) is 6.40. The minimum atomic E-state index is -4.54. The van der Waals surface area contributed by atoms with E-state index in [4.69, 9.17) is 5.11 Å². The number of aliphatic carboxylic acids is 1. The first-order chi connectivity index (χ1) is 19.9. The molecule has 0 spiro atoms. The van der Waals surface area contributed by atoms with Crippen LogP contribution in [0.5, 0.6) is 0 Å². The van der Waals surface area contributed by atoms with E-state index in [9.17, 15) is 36.3 Å². The quantitative estimate of drug-likeness (QED) is 0.269. The van der Waals surface area contributed by atoms with Gasteiger partial charge in [-0.1, -0.05) is 31.5 Å². The maximum Gasteiger partial charge on any atom is 0.416 e. The Bertz CT molecular complexity index is 1450. The molecule has 0 radical (unpaired) electrons. The molecule has 222 valence electrons. The molecule has 3 aromatic rings. The van der Waals surface area contributed by atoms with Crippen LogP contribution in [0.1, 0.15) is 76.2 Å². The zero-order chi connectivity index (χ0) is 30.6. The highest BCUT2D eigenvalue weighted by molar-refractivity contribution is 5.94. The van der Waals surface area contributed by atoms with Crippen LogP contribution in [0.4, 0.5) is 22.0 Å². The minimum Gasteiger partial charge on any atom is -0.481 e. The van der Waals surface area contributed by atoms with E-state index in [1.54, 1.807) is 12.1 Å². The topological polar surface area (TPSA) is 86.7 Å². The first-order valence-corrected chi connectivity index (χ1v) is 13.4. The lowest BCUT2D eigenvalue weighted by molar-refractivity contribution is -0.138. The SMILES string of the molecule is CCCC(c1ccc(C(=O)NCCC(=O)O)cc1)C(C(=O)N1Cc2ccc(C(F)(F)F)cc2C1)c1cc(F)cc(F)c1. The van der Waals surface area contributed by atoms with Crippen molar-refractivity contribution >= 4 is 17.8 Å². The molecule has 0 saturated carbocycles. The molecule has 1 aliphatic rings. The van der Waals surface area contributed by atoms with Gasteiger partial charge in [-0.25, -0.2) is 8.78 Å².